The first-order valence-corrected chi connectivity index (χ1v) is 17.4. The fourth-order valence-corrected chi connectivity index (χ4v) is 8.10. The zero-order valence-electron chi connectivity index (χ0n) is 26.7. The number of fused-ring (bicyclic) bond motifs is 6. The molecule has 0 saturated heterocycles. The largest absolute Gasteiger partial charge is 0.455 e. The molecule has 0 spiro atoms. The van der Waals surface area contributed by atoms with E-state index in [4.69, 9.17) is 14.4 Å². The van der Waals surface area contributed by atoms with Gasteiger partial charge in [0.25, 0.3) is 0 Å². The summed E-state index contributed by atoms with van der Waals surface area (Å²) in [7, 11) is 0. The molecule has 6 aromatic carbocycles. The van der Waals surface area contributed by atoms with Crippen LogP contribution >= 0.6 is 11.3 Å². The number of thiophene rings is 1. The predicted molar refractivity (Wildman–Crippen MR) is 207 cm³/mol. The van der Waals surface area contributed by atoms with Crippen LogP contribution in [0.15, 0.2) is 168 Å². The molecule has 0 amide bonds. The lowest BCUT2D eigenvalue weighted by Gasteiger charge is -2.12. The zero-order valence-corrected chi connectivity index (χ0v) is 27.6. The average molecular weight is 658 g/mol. The topological polar surface area (TPSA) is 51.8 Å². The highest BCUT2D eigenvalue weighted by atomic mass is 32.1. The van der Waals surface area contributed by atoms with Gasteiger partial charge in [0.15, 0.2) is 5.82 Å². The van der Waals surface area contributed by atoms with Crippen LogP contribution in [0.4, 0.5) is 0 Å². The Morgan fingerprint density at radius 2 is 1.16 bits per heavy atom. The van der Waals surface area contributed by atoms with Gasteiger partial charge in [0, 0.05) is 65.6 Å². The number of pyridine rings is 1. The molecule has 0 aliphatic carbocycles. The number of nitrogens with zero attached hydrogens (tertiary/aromatic N) is 3. The quantitative estimate of drug-likeness (QED) is 0.185. The van der Waals surface area contributed by atoms with Gasteiger partial charge in [-0.15, -0.1) is 11.3 Å². The zero-order chi connectivity index (χ0) is 33.0. The highest BCUT2D eigenvalue weighted by molar-refractivity contribution is 7.25. The molecule has 5 heteroatoms. The van der Waals surface area contributed by atoms with Crippen LogP contribution in [0.25, 0.3) is 98.3 Å². The summed E-state index contributed by atoms with van der Waals surface area (Å²) in [6.45, 7) is 0. The summed E-state index contributed by atoms with van der Waals surface area (Å²) in [5.41, 5.74) is 10.8. The fraction of sp³-hybridized carbons (Fsp3) is 0. The molecule has 10 rings (SSSR count). The predicted octanol–water partition coefficient (Wildman–Crippen LogP) is 12.5. The molecule has 0 saturated carbocycles. The standard InChI is InChI=1S/C45H27N3OS/c1-2-9-29(10-3-1)45-47-38(32-12-8-11-30(25-32)28-21-23-46-24-22-28)27-39(48-45)35-19-18-33(44-43(35)36-14-4-6-15-40(36)49-44)31-17-20-42-37(26-31)34-13-5-7-16-41(34)50-42/h1-27H. The normalized spacial score (nSPS) is 11.6. The Hall–Kier alpha value is -6.43. The first-order chi connectivity index (χ1) is 24.8. The highest BCUT2D eigenvalue weighted by Gasteiger charge is 2.20. The fourth-order valence-electron chi connectivity index (χ4n) is 7.01. The van der Waals surface area contributed by atoms with E-state index in [9.17, 15) is 0 Å². The van der Waals surface area contributed by atoms with Gasteiger partial charge in [-0.3, -0.25) is 4.98 Å². The van der Waals surface area contributed by atoms with Crippen molar-refractivity contribution < 1.29 is 4.42 Å². The molecule has 50 heavy (non-hydrogen) atoms. The maximum Gasteiger partial charge on any atom is 0.160 e. The van der Waals surface area contributed by atoms with Gasteiger partial charge in [-0.1, -0.05) is 97.1 Å². The number of hydrogen-bond donors (Lipinski definition) is 0. The van der Waals surface area contributed by atoms with Crippen molar-refractivity contribution in [1.82, 2.24) is 15.0 Å². The van der Waals surface area contributed by atoms with E-state index in [0.717, 1.165) is 72.3 Å². The molecule has 4 heterocycles. The summed E-state index contributed by atoms with van der Waals surface area (Å²) < 4.78 is 9.31. The Labute approximate surface area is 292 Å². The van der Waals surface area contributed by atoms with E-state index in [1.165, 1.54) is 20.2 Å². The summed E-state index contributed by atoms with van der Waals surface area (Å²) in [6.07, 6.45) is 3.65. The number of aromatic nitrogens is 3. The summed E-state index contributed by atoms with van der Waals surface area (Å²) in [5.74, 6) is 0.673. The van der Waals surface area contributed by atoms with Crippen LogP contribution in [0.2, 0.25) is 0 Å². The number of para-hydroxylation sites is 1. The van der Waals surface area contributed by atoms with E-state index in [0.29, 0.717) is 5.82 Å². The molecule has 0 N–H and O–H groups in total. The third kappa shape index (κ3) is 4.79. The molecule has 0 unspecified atom stereocenters. The third-order valence-corrected chi connectivity index (χ3v) is 10.6. The Bertz CT molecular complexity index is 2870. The summed E-state index contributed by atoms with van der Waals surface area (Å²) in [4.78, 5) is 14.6. The van der Waals surface area contributed by atoms with Crippen molar-refractivity contribution in [3.05, 3.63) is 164 Å². The second-order valence-corrected chi connectivity index (χ2v) is 13.5. The molecule has 0 aliphatic heterocycles. The van der Waals surface area contributed by atoms with Crippen LogP contribution < -0.4 is 0 Å². The van der Waals surface area contributed by atoms with Crippen molar-refractivity contribution in [3.8, 4) is 56.2 Å². The Morgan fingerprint density at radius 1 is 0.440 bits per heavy atom. The second-order valence-electron chi connectivity index (χ2n) is 12.4. The lowest BCUT2D eigenvalue weighted by molar-refractivity contribution is 0.670. The van der Waals surface area contributed by atoms with E-state index in [1.54, 1.807) is 0 Å². The number of hydrogen-bond acceptors (Lipinski definition) is 5. The van der Waals surface area contributed by atoms with E-state index in [2.05, 4.69) is 114 Å². The van der Waals surface area contributed by atoms with Gasteiger partial charge in [0.2, 0.25) is 0 Å². The summed E-state index contributed by atoms with van der Waals surface area (Å²) in [6, 6.07) is 52.9. The van der Waals surface area contributed by atoms with Crippen molar-refractivity contribution in [3.63, 3.8) is 0 Å². The monoisotopic (exact) mass is 657 g/mol. The summed E-state index contributed by atoms with van der Waals surface area (Å²) in [5, 5.41) is 4.64. The highest BCUT2D eigenvalue weighted by Crippen LogP contribution is 2.44. The van der Waals surface area contributed by atoms with Crippen LogP contribution in [0.5, 0.6) is 0 Å². The van der Waals surface area contributed by atoms with Crippen LogP contribution in [0, 0.1) is 0 Å². The first kappa shape index (κ1) is 28.6. The molecule has 4 nitrogen and oxygen atoms in total. The minimum absolute atomic E-state index is 0.673. The molecule has 0 aliphatic rings. The van der Waals surface area contributed by atoms with Gasteiger partial charge in [0.1, 0.15) is 11.2 Å². The average Bonchev–Trinajstić information content (AvgIpc) is 3.77. The van der Waals surface area contributed by atoms with Crippen LogP contribution in [0.1, 0.15) is 0 Å². The Morgan fingerprint density at radius 3 is 2.06 bits per heavy atom. The van der Waals surface area contributed by atoms with Crippen molar-refractivity contribution >= 4 is 53.4 Å². The van der Waals surface area contributed by atoms with Crippen molar-refractivity contribution in [1.29, 1.82) is 0 Å². The molecule has 0 atom stereocenters. The Kier molecular flexibility index (Phi) is 6.64. The van der Waals surface area contributed by atoms with Crippen LogP contribution in [-0.2, 0) is 0 Å². The van der Waals surface area contributed by atoms with E-state index in [-0.39, 0.29) is 0 Å². The minimum atomic E-state index is 0.673. The van der Waals surface area contributed by atoms with Crippen LogP contribution in [-0.4, -0.2) is 15.0 Å². The maximum atomic E-state index is 6.73. The lowest BCUT2D eigenvalue weighted by Crippen LogP contribution is -1.96. The smallest absolute Gasteiger partial charge is 0.160 e. The number of furan rings is 1. The van der Waals surface area contributed by atoms with Crippen LogP contribution in [0.3, 0.4) is 0 Å². The molecular formula is C45H27N3OS. The second kappa shape index (κ2) is 11.6. The maximum absolute atomic E-state index is 6.73. The lowest BCUT2D eigenvalue weighted by atomic mass is 9.95. The molecule has 0 radical (unpaired) electrons. The van der Waals surface area contributed by atoms with Gasteiger partial charge in [-0.2, -0.15) is 0 Å². The van der Waals surface area contributed by atoms with E-state index >= 15 is 0 Å². The number of rotatable bonds is 5. The molecular weight excluding hydrogens is 631 g/mol. The molecule has 234 valence electrons. The van der Waals surface area contributed by atoms with Gasteiger partial charge >= 0.3 is 0 Å². The van der Waals surface area contributed by atoms with E-state index < -0.39 is 0 Å². The molecule has 0 fully saturated rings. The Balaban J connectivity index is 1.20. The summed E-state index contributed by atoms with van der Waals surface area (Å²) >= 11 is 1.83. The van der Waals surface area contributed by atoms with E-state index in [1.807, 2.05) is 66.2 Å². The van der Waals surface area contributed by atoms with Crippen molar-refractivity contribution in [2.24, 2.45) is 0 Å². The minimum Gasteiger partial charge on any atom is -0.455 e. The van der Waals surface area contributed by atoms with Crippen molar-refractivity contribution in [2.45, 2.75) is 0 Å². The van der Waals surface area contributed by atoms with Gasteiger partial charge in [0.05, 0.1) is 11.4 Å². The van der Waals surface area contributed by atoms with Crippen molar-refractivity contribution in [2.75, 3.05) is 0 Å². The van der Waals surface area contributed by atoms with Gasteiger partial charge in [-0.25, -0.2) is 9.97 Å². The van der Waals surface area contributed by atoms with Gasteiger partial charge in [-0.05, 0) is 71.3 Å². The third-order valence-electron chi connectivity index (χ3n) is 9.42. The number of benzene rings is 6. The van der Waals surface area contributed by atoms with Gasteiger partial charge < -0.3 is 4.42 Å². The molecule has 10 aromatic rings. The molecule has 4 aromatic heterocycles. The first-order valence-electron chi connectivity index (χ1n) is 16.6. The molecule has 0 bridgehead atoms. The SMILES string of the molecule is c1ccc(-c2nc(-c3cccc(-c4ccncc4)c3)cc(-c3ccc(-c4ccc5sc6ccccc6c5c4)c4oc5ccccc5c34)n2)cc1.